The van der Waals surface area contributed by atoms with Crippen LogP contribution in [0.4, 0.5) is 5.69 Å². The Morgan fingerprint density at radius 2 is 1.33 bits per heavy atom. The minimum Gasteiger partial charge on any atom is -0.456 e. The quantitative estimate of drug-likeness (QED) is 0.417. The summed E-state index contributed by atoms with van der Waals surface area (Å²) < 4.78 is 6.09. The fourth-order valence-electron chi connectivity index (χ4n) is 3.02. The minimum absolute atomic E-state index is 0.766. The maximum Gasteiger partial charge on any atom is 0.135 e. The van der Waals surface area contributed by atoms with Gasteiger partial charge in [-0.25, -0.2) is 0 Å². The average Bonchev–Trinajstić information content (AvgIpc) is 3.05. The third kappa shape index (κ3) is 3.85. The highest BCUT2D eigenvalue weighted by molar-refractivity contribution is 5.94. The molecule has 0 fully saturated rings. The van der Waals surface area contributed by atoms with Crippen LogP contribution < -0.4 is 5.73 Å². The van der Waals surface area contributed by atoms with Crippen LogP contribution in [0.25, 0.3) is 35.3 Å². The Hall–Kier alpha value is -3.52. The van der Waals surface area contributed by atoms with Crippen molar-refractivity contribution in [2.75, 3.05) is 5.73 Å². The highest BCUT2D eigenvalue weighted by Gasteiger charge is 2.09. The molecular formula is C25H21NO. The number of hydrogen-bond donors (Lipinski definition) is 1. The maximum absolute atomic E-state index is 6.09. The normalized spacial score (nSPS) is 11.7. The molecule has 0 aliphatic rings. The fourth-order valence-corrected chi connectivity index (χ4v) is 3.02. The summed E-state index contributed by atoms with van der Waals surface area (Å²) in [4.78, 5) is 0. The summed E-state index contributed by atoms with van der Waals surface area (Å²) in [5.41, 5.74) is 12.0. The number of aryl methyl sites for hydroxylation is 1. The van der Waals surface area contributed by atoms with Crippen molar-refractivity contribution in [1.29, 1.82) is 0 Å². The van der Waals surface area contributed by atoms with E-state index in [-0.39, 0.29) is 0 Å². The van der Waals surface area contributed by atoms with E-state index in [2.05, 4.69) is 55.5 Å². The molecule has 0 saturated carbocycles. The lowest BCUT2D eigenvalue weighted by molar-refractivity contribution is 0.604. The Morgan fingerprint density at radius 1 is 0.704 bits per heavy atom. The lowest BCUT2D eigenvalue weighted by Gasteiger charge is -1.97. The summed E-state index contributed by atoms with van der Waals surface area (Å²) in [6.45, 7) is 2.09. The lowest BCUT2D eigenvalue weighted by atomic mass is 10.1. The zero-order valence-corrected chi connectivity index (χ0v) is 15.2. The Bertz CT molecular complexity index is 1110. The third-order valence-corrected chi connectivity index (χ3v) is 4.55. The van der Waals surface area contributed by atoms with Gasteiger partial charge in [0.25, 0.3) is 0 Å². The molecule has 0 radical (unpaired) electrons. The number of benzene rings is 3. The van der Waals surface area contributed by atoms with Crippen LogP contribution in [-0.4, -0.2) is 0 Å². The first-order chi connectivity index (χ1) is 13.2. The molecular weight excluding hydrogens is 330 g/mol. The number of hydrogen-bond acceptors (Lipinski definition) is 2. The second-order valence-corrected chi connectivity index (χ2v) is 6.62. The molecule has 4 aromatic rings. The van der Waals surface area contributed by atoms with E-state index in [1.165, 1.54) is 5.56 Å². The largest absolute Gasteiger partial charge is 0.456 e. The highest BCUT2D eigenvalue weighted by Crippen LogP contribution is 2.29. The molecule has 27 heavy (non-hydrogen) atoms. The van der Waals surface area contributed by atoms with Gasteiger partial charge in [-0.3, -0.25) is 0 Å². The van der Waals surface area contributed by atoms with E-state index in [0.29, 0.717) is 0 Å². The van der Waals surface area contributed by atoms with Crippen LogP contribution in [0.1, 0.15) is 28.0 Å². The van der Waals surface area contributed by atoms with Gasteiger partial charge >= 0.3 is 0 Å². The number of furan rings is 1. The predicted octanol–water partition coefficient (Wildman–Crippen LogP) is 6.66. The highest BCUT2D eigenvalue weighted by atomic mass is 16.3. The Labute approximate surface area is 159 Å². The van der Waals surface area contributed by atoms with E-state index in [1.807, 2.05) is 48.5 Å². The molecule has 0 amide bonds. The van der Waals surface area contributed by atoms with Crippen molar-refractivity contribution in [2.45, 2.75) is 6.92 Å². The van der Waals surface area contributed by atoms with E-state index >= 15 is 0 Å². The minimum atomic E-state index is 0.766. The molecule has 0 spiro atoms. The second-order valence-electron chi connectivity index (χ2n) is 6.62. The Balaban J connectivity index is 1.72. The summed E-state index contributed by atoms with van der Waals surface area (Å²) in [6, 6.07) is 24.4. The third-order valence-electron chi connectivity index (χ3n) is 4.55. The van der Waals surface area contributed by atoms with Gasteiger partial charge < -0.3 is 10.2 Å². The molecule has 0 aliphatic carbocycles. The molecule has 0 bridgehead atoms. The lowest BCUT2D eigenvalue weighted by Crippen LogP contribution is -1.82. The van der Waals surface area contributed by atoms with E-state index in [4.69, 9.17) is 10.2 Å². The fraction of sp³-hybridized carbons (Fsp3) is 0.0400. The van der Waals surface area contributed by atoms with Crippen LogP contribution in [0.3, 0.4) is 0 Å². The standard InChI is InChI=1S/C25H21NO/c1-18-6-8-19(9-7-18)13-17-25-23(22-4-2-3-5-24(22)27-25)16-12-20-10-14-21(26)15-11-20/h2-17H,26H2,1H3/b16-12+,17-13+. The second kappa shape index (κ2) is 7.38. The number of fused-ring (bicyclic) bond motifs is 1. The SMILES string of the molecule is Cc1ccc(/C=C/c2oc3ccccc3c2/C=C/c2ccc(N)cc2)cc1. The monoisotopic (exact) mass is 351 g/mol. The Kier molecular flexibility index (Phi) is 4.63. The zero-order chi connectivity index (χ0) is 18.6. The number of nitrogens with two attached hydrogens (primary N) is 1. The van der Waals surface area contributed by atoms with Crippen LogP contribution >= 0.6 is 0 Å². The van der Waals surface area contributed by atoms with Crippen molar-refractivity contribution in [3.63, 3.8) is 0 Å². The molecule has 4 rings (SSSR count). The summed E-state index contributed by atoms with van der Waals surface area (Å²) >= 11 is 0. The van der Waals surface area contributed by atoms with Crippen molar-refractivity contribution in [3.8, 4) is 0 Å². The molecule has 1 aromatic heterocycles. The number of anilines is 1. The number of rotatable bonds is 4. The summed E-state index contributed by atoms with van der Waals surface area (Å²) in [6.07, 6.45) is 8.30. The Morgan fingerprint density at radius 3 is 2.07 bits per heavy atom. The first-order valence-corrected chi connectivity index (χ1v) is 8.99. The van der Waals surface area contributed by atoms with Gasteiger partial charge in [0.05, 0.1) is 0 Å². The van der Waals surface area contributed by atoms with Crippen LogP contribution in [0, 0.1) is 6.92 Å². The van der Waals surface area contributed by atoms with E-state index in [0.717, 1.165) is 39.1 Å². The topological polar surface area (TPSA) is 39.2 Å². The van der Waals surface area contributed by atoms with Crippen molar-refractivity contribution < 1.29 is 4.42 Å². The van der Waals surface area contributed by atoms with E-state index in [1.54, 1.807) is 0 Å². The van der Waals surface area contributed by atoms with Crippen molar-refractivity contribution in [1.82, 2.24) is 0 Å². The molecule has 3 aromatic carbocycles. The molecule has 2 nitrogen and oxygen atoms in total. The van der Waals surface area contributed by atoms with Gasteiger partial charge in [0, 0.05) is 16.6 Å². The maximum atomic E-state index is 6.09. The zero-order valence-electron chi connectivity index (χ0n) is 15.2. The van der Waals surface area contributed by atoms with Crippen molar-refractivity contribution in [2.24, 2.45) is 0 Å². The molecule has 0 unspecified atom stereocenters. The molecule has 132 valence electrons. The van der Waals surface area contributed by atoms with Gasteiger partial charge in [-0.05, 0) is 48.4 Å². The summed E-state index contributed by atoms with van der Waals surface area (Å²) in [5.74, 6) is 0.850. The first kappa shape index (κ1) is 16.9. The van der Waals surface area contributed by atoms with E-state index in [9.17, 15) is 0 Å². The van der Waals surface area contributed by atoms with E-state index < -0.39 is 0 Å². The molecule has 2 N–H and O–H groups in total. The van der Waals surface area contributed by atoms with Crippen molar-refractivity contribution >= 4 is 41.0 Å². The smallest absolute Gasteiger partial charge is 0.135 e. The molecule has 0 aliphatic heterocycles. The van der Waals surface area contributed by atoms with Crippen LogP contribution in [-0.2, 0) is 0 Å². The number of para-hydroxylation sites is 1. The molecule has 2 heteroatoms. The van der Waals surface area contributed by atoms with Gasteiger partial charge in [0.1, 0.15) is 11.3 Å². The van der Waals surface area contributed by atoms with Crippen molar-refractivity contribution in [3.05, 3.63) is 101 Å². The molecule has 0 atom stereocenters. The van der Waals surface area contributed by atoms with Gasteiger partial charge in [-0.2, -0.15) is 0 Å². The van der Waals surface area contributed by atoms with Crippen LogP contribution in [0.15, 0.2) is 77.2 Å². The van der Waals surface area contributed by atoms with Crippen LogP contribution in [0.5, 0.6) is 0 Å². The van der Waals surface area contributed by atoms with Gasteiger partial charge in [-0.1, -0.05) is 72.3 Å². The average molecular weight is 351 g/mol. The summed E-state index contributed by atoms with van der Waals surface area (Å²) in [5, 5.41) is 1.10. The molecule has 0 saturated heterocycles. The number of nitrogen functional groups attached to an aromatic ring is 1. The first-order valence-electron chi connectivity index (χ1n) is 8.99. The van der Waals surface area contributed by atoms with Gasteiger partial charge in [0.2, 0.25) is 0 Å². The van der Waals surface area contributed by atoms with Crippen LogP contribution in [0.2, 0.25) is 0 Å². The summed E-state index contributed by atoms with van der Waals surface area (Å²) in [7, 11) is 0. The van der Waals surface area contributed by atoms with Gasteiger partial charge in [-0.15, -0.1) is 0 Å². The predicted molar refractivity (Wildman–Crippen MR) is 116 cm³/mol. The molecule has 1 heterocycles. The van der Waals surface area contributed by atoms with Gasteiger partial charge in [0.15, 0.2) is 0 Å².